The zero-order valence-corrected chi connectivity index (χ0v) is 12.7. The predicted octanol–water partition coefficient (Wildman–Crippen LogP) is 2.57. The molecular weight excluding hydrogens is 260 g/mol. The van der Waals surface area contributed by atoms with Gasteiger partial charge in [-0.1, -0.05) is 30.5 Å². The second-order valence-electron chi connectivity index (χ2n) is 6.37. The molecule has 1 aliphatic rings. The van der Waals surface area contributed by atoms with Crippen molar-refractivity contribution < 1.29 is 19.5 Å². The van der Waals surface area contributed by atoms with Gasteiger partial charge in [0.25, 0.3) is 5.88 Å². The maximum absolute atomic E-state index is 12.2. The second kappa shape index (κ2) is 5.42. The van der Waals surface area contributed by atoms with Gasteiger partial charge in [-0.3, -0.25) is 0 Å². The summed E-state index contributed by atoms with van der Waals surface area (Å²) in [6, 6.07) is 0. The Morgan fingerprint density at radius 3 is 2.45 bits per heavy atom. The van der Waals surface area contributed by atoms with Gasteiger partial charge in [0.15, 0.2) is 0 Å². The molecule has 0 amide bonds. The van der Waals surface area contributed by atoms with Crippen molar-refractivity contribution in [3.8, 4) is 5.88 Å². The summed E-state index contributed by atoms with van der Waals surface area (Å²) in [5.41, 5.74) is 0.00758. The first-order valence-corrected chi connectivity index (χ1v) is 7.13. The lowest BCUT2D eigenvalue weighted by Gasteiger charge is -2.28. The Labute approximate surface area is 119 Å². The molecule has 0 atom stereocenters. The molecule has 0 aromatic carbocycles. The van der Waals surface area contributed by atoms with Gasteiger partial charge in [-0.25, -0.2) is 4.79 Å². The lowest BCUT2D eigenvalue weighted by atomic mass is 10.0. The van der Waals surface area contributed by atoms with E-state index in [1.54, 1.807) is 0 Å². The first-order valence-electron chi connectivity index (χ1n) is 7.13. The zero-order chi connectivity index (χ0) is 14.9. The van der Waals surface area contributed by atoms with Crippen molar-refractivity contribution in [2.45, 2.75) is 58.5 Å². The predicted molar refractivity (Wildman–Crippen MR) is 73.9 cm³/mol. The van der Waals surface area contributed by atoms with Crippen molar-refractivity contribution in [3.05, 3.63) is 5.69 Å². The van der Waals surface area contributed by atoms with E-state index < -0.39 is 11.7 Å². The number of hydrogen-bond donors (Lipinski definition) is 1. The lowest BCUT2D eigenvalue weighted by molar-refractivity contribution is 0.00982. The van der Waals surface area contributed by atoms with Crippen LogP contribution in [0.5, 0.6) is 5.88 Å². The summed E-state index contributed by atoms with van der Waals surface area (Å²) >= 11 is 0. The normalized spacial score (nSPS) is 16.6. The molecular formula is C14H24N2O4. The number of hydrogen-bond acceptors (Lipinski definition) is 4. The van der Waals surface area contributed by atoms with Crippen LogP contribution in [0, 0.1) is 5.92 Å². The molecule has 6 nitrogen and oxygen atoms in total. The van der Waals surface area contributed by atoms with Crippen LogP contribution in [-0.2, 0) is 11.2 Å². The topological polar surface area (TPSA) is 65.6 Å². The van der Waals surface area contributed by atoms with Crippen molar-refractivity contribution in [1.82, 2.24) is 9.53 Å². The average molecular weight is 284 g/mol. The number of nitrogens with zero attached hydrogens (tertiary/aromatic N) is 2. The van der Waals surface area contributed by atoms with E-state index in [4.69, 9.17) is 9.57 Å². The molecule has 1 N–H and O–H groups in total. The maximum atomic E-state index is 12.2. The van der Waals surface area contributed by atoms with Gasteiger partial charge in [0, 0.05) is 0 Å². The first-order chi connectivity index (χ1) is 9.33. The van der Waals surface area contributed by atoms with E-state index in [0.29, 0.717) is 18.0 Å². The molecule has 1 heterocycles. The van der Waals surface area contributed by atoms with E-state index in [9.17, 15) is 9.90 Å². The van der Waals surface area contributed by atoms with Crippen LogP contribution in [0.25, 0.3) is 0 Å². The summed E-state index contributed by atoms with van der Waals surface area (Å²) in [5, 5.41) is 9.98. The fraction of sp³-hybridized carbons (Fsp3) is 0.786. The molecule has 0 spiro atoms. The molecule has 1 fully saturated rings. The SMILES string of the molecule is COn1c(O)c(CC2CCCC2)n1C(=O)OC(C)(C)C. The average Bonchev–Trinajstić information content (AvgIpc) is 2.82. The van der Waals surface area contributed by atoms with Gasteiger partial charge in [0.1, 0.15) is 18.4 Å². The highest BCUT2D eigenvalue weighted by Crippen LogP contribution is 2.33. The third-order valence-electron chi connectivity index (χ3n) is 3.57. The van der Waals surface area contributed by atoms with Gasteiger partial charge >= 0.3 is 6.09 Å². The minimum atomic E-state index is -0.583. The Morgan fingerprint density at radius 1 is 1.35 bits per heavy atom. The molecule has 0 bridgehead atoms. The van der Waals surface area contributed by atoms with Crippen LogP contribution in [0.15, 0.2) is 0 Å². The summed E-state index contributed by atoms with van der Waals surface area (Å²) in [6.45, 7) is 5.42. The van der Waals surface area contributed by atoms with E-state index in [-0.39, 0.29) is 5.88 Å². The maximum Gasteiger partial charge on any atom is 0.436 e. The smallest absolute Gasteiger partial charge is 0.436 e. The van der Waals surface area contributed by atoms with Crippen LogP contribution in [0.1, 0.15) is 52.1 Å². The van der Waals surface area contributed by atoms with Gasteiger partial charge in [-0.15, -0.1) is 4.68 Å². The summed E-state index contributed by atoms with van der Waals surface area (Å²) < 4.78 is 6.61. The highest BCUT2D eigenvalue weighted by Gasteiger charge is 2.32. The van der Waals surface area contributed by atoms with E-state index in [2.05, 4.69) is 0 Å². The Hall–Kier alpha value is -1.59. The molecule has 0 unspecified atom stereocenters. The molecule has 1 aromatic rings. The van der Waals surface area contributed by atoms with Crippen molar-refractivity contribution in [2.75, 3.05) is 7.11 Å². The Bertz CT molecular complexity index is 476. The number of carbonyl (C=O) groups excluding carboxylic acids is 1. The minimum absolute atomic E-state index is 0.00487. The van der Waals surface area contributed by atoms with Crippen LogP contribution in [0.2, 0.25) is 0 Å². The Kier molecular flexibility index (Phi) is 4.01. The third kappa shape index (κ3) is 2.94. The summed E-state index contributed by atoms with van der Waals surface area (Å²) in [7, 11) is 1.40. The molecule has 1 saturated carbocycles. The first kappa shape index (κ1) is 14.8. The zero-order valence-electron chi connectivity index (χ0n) is 12.7. The highest BCUT2D eigenvalue weighted by atomic mass is 16.7. The van der Waals surface area contributed by atoms with E-state index >= 15 is 0 Å². The monoisotopic (exact) mass is 284 g/mol. The highest BCUT2D eigenvalue weighted by molar-refractivity contribution is 5.72. The number of ether oxygens (including phenoxy) is 1. The molecule has 20 heavy (non-hydrogen) atoms. The van der Waals surface area contributed by atoms with E-state index in [1.807, 2.05) is 20.8 Å². The minimum Gasteiger partial charge on any atom is -0.490 e. The number of aromatic nitrogens is 2. The Balaban J connectivity index is 2.17. The lowest BCUT2D eigenvalue weighted by Crippen LogP contribution is -2.39. The molecule has 2 rings (SSSR count). The molecule has 1 aliphatic carbocycles. The van der Waals surface area contributed by atoms with Crippen LogP contribution in [-0.4, -0.2) is 33.4 Å². The molecule has 0 saturated heterocycles. The number of carbonyl (C=O) groups is 1. The van der Waals surface area contributed by atoms with Crippen molar-refractivity contribution >= 4 is 6.09 Å². The molecule has 1 aromatic heterocycles. The van der Waals surface area contributed by atoms with Gasteiger partial charge in [-0.05, 0) is 33.1 Å². The van der Waals surface area contributed by atoms with Gasteiger partial charge in [-0.2, -0.15) is 0 Å². The summed E-state index contributed by atoms with van der Waals surface area (Å²) in [6.07, 6.45) is 4.89. The van der Waals surface area contributed by atoms with Crippen LogP contribution < -0.4 is 4.84 Å². The molecule has 114 valence electrons. The van der Waals surface area contributed by atoms with Crippen LogP contribution in [0.4, 0.5) is 4.79 Å². The number of rotatable bonds is 3. The fourth-order valence-corrected chi connectivity index (χ4v) is 2.69. The van der Waals surface area contributed by atoms with Gasteiger partial charge in [0.05, 0.1) is 0 Å². The van der Waals surface area contributed by atoms with Crippen LogP contribution >= 0.6 is 0 Å². The van der Waals surface area contributed by atoms with Crippen LogP contribution in [0.3, 0.4) is 0 Å². The third-order valence-corrected chi connectivity index (χ3v) is 3.57. The second-order valence-corrected chi connectivity index (χ2v) is 6.37. The van der Waals surface area contributed by atoms with Crippen molar-refractivity contribution in [3.63, 3.8) is 0 Å². The van der Waals surface area contributed by atoms with Crippen molar-refractivity contribution in [2.24, 2.45) is 5.92 Å². The number of aromatic hydroxyl groups is 1. The fourth-order valence-electron chi connectivity index (χ4n) is 2.69. The largest absolute Gasteiger partial charge is 0.490 e. The van der Waals surface area contributed by atoms with Crippen molar-refractivity contribution in [1.29, 1.82) is 0 Å². The van der Waals surface area contributed by atoms with Gasteiger partial charge < -0.3 is 14.7 Å². The molecule has 0 radical (unpaired) electrons. The standard InChI is InChI=1S/C14H24N2O4/c1-14(2,3)20-13(18)15-11(12(17)16(15)19-4)9-10-7-5-6-8-10/h10,17H,5-9H2,1-4H3. The Morgan fingerprint density at radius 2 is 1.95 bits per heavy atom. The summed E-state index contributed by atoms with van der Waals surface area (Å²) in [4.78, 5) is 18.2. The molecule has 6 heteroatoms. The van der Waals surface area contributed by atoms with Gasteiger partial charge in [0.2, 0.25) is 0 Å². The van der Waals surface area contributed by atoms with E-state index in [0.717, 1.165) is 17.7 Å². The quantitative estimate of drug-likeness (QED) is 0.926. The van der Waals surface area contributed by atoms with E-state index in [1.165, 1.54) is 24.6 Å². The summed E-state index contributed by atoms with van der Waals surface area (Å²) in [5.74, 6) is 0.529. The molecule has 0 aliphatic heterocycles.